The summed E-state index contributed by atoms with van der Waals surface area (Å²) in [4.78, 5) is 8.47. The highest BCUT2D eigenvalue weighted by atomic mass is 32.1. The lowest BCUT2D eigenvalue weighted by molar-refractivity contribution is 0.494. The second kappa shape index (κ2) is 4.49. The monoisotopic (exact) mass is 276 g/mol. The molecule has 2 unspecified atom stereocenters. The Bertz CT molecular complexity index is 575. The fourth-order valence-corrected chi connectivity index (χ4v) is 4.58. The van der Waals surface area contributed by atoms with Gasteiger partial charge in [-0.25, -0.2) is 4.98 Å². The number of nitrogens with zero attached hydrogens (tertiary/aromatic N) is 3. The summed E-state index contributed by atoms with van der Waals surface area (Å²) in [6, 6.07) is 0. The lowest BCUT2D eigenvalue weighted by Gasteiger charge is -2.18. The highest BCUT2D eigenvalue weighted by Crippen LogP contribution is 2.40. The standard InChI is InChI=1S/C14H20N4S/c15-5-4-12-13(16-14-18(12)6-7-19-14)17-8-10-2-1-3-11(10)9-17/h6-7,10-11H,1-5,8-9,15H2. The van der Waals surface area contributed by atoms with Crippen molar-refractivity contribution in [3.05, 3.63) is 17.3 Å². The van der Waals surface area contributed by atoms with Crippen molar-refractivity contribution in [3.63, 3.8) is 0 Å². The smallest absolute Gasteiger partial charge is 0.195 e. The van der Waals surface area contributed by atoms with Gasteiger partial charge in [-0.2, -0.15) is 0 Å². The van der Waals surface area contributed by atoms with Gasteiger partial charge in [0.25, 0.3) is 0 Å². The zero-order valence-electron chi connectivity index (χ0n) is 11.1. The Kier molecular flexibility index (Phi) is 2.77. The number of anilines is 1. The van der Waals surface area contributed by atoms with Crippen molar-refractivity contribution in [2.75, 3.05) is 24.5 Å². The summed E-state index contributed by atoms with van der Waals surface area (Å²) in [5, 5.41) is 2.10. The van der Waals surface area contributed by atoms with Crippen LogP contribution in [0.25, 0.3) is 4.96 Å². The Labute approximate surface area is 117 Å². The SMILES string of the molecule is NCCc1c(N2CC3CCCC3C2)nc2sccn12. The van der Waals surface area contributed by atoms with Crippen LogP contribution in [-0.2, 0) is 6.42 Å². The van der Waals surface area contributed by atoms with Crippen molar-refractivity contribution in [2.24, 2.45) is 17.6 Å². The van der Waals surface area contributed by atoms with Crippen LogP contribution in [-0.4, -0.2) is 29.0 Å². The van der Waals surface area contributed by atoms with E-state index in [4.69, 9.17) is 10.7 Å². The Morgan fingerprint density at radius 3 is 2.84 bits per heavy atom. The molecule has 0 spiro atoms. The van der Waals surface area contributed by atoms with Gasteiger partial charge in [0.2, 0.25) is 0 Å². The van der Waals surface area contributed by atoms with Gasteiger partial charge >= 0.3 is 0 Å². The van der Waals surface area contributed by atoms with Crippen molar-refractivity contribution in [1.29, 1.82) is 0 Å². The molecule has 0 aromatic carbocycles. The molecular weight excluding hydrogens is 256 g/mol. The largest absolute Gasteiger partial charge is 0.354 e. The minimum atomic E-state index is 0.692. The van der Waals surface area contributed by atoms with Crippen molar-refractivity contribution in [3.8, 4) is 0 Å². The number of fused-ring (bicyclic) bond motifs is 2. The van der Waals surface area contributed by atoms with Crippen molar-refractivity contribution < 1.29 is 0 Å². The molecule has 0 bridgehead atoms. The molecule has 2 aromatic heterocycles. The Hall–Kier alpha value is -1.07. The number of thiazole rings is 1. The molecule has 0 amide bonds. The Morgan fingerprint density at radius 2 is 2.11 bits per heavy atom. The second-order valence-corrected chi connectivity index (χ2v) is 6.71. The summed E-state index contributed by atoms with van der Waals surface area (Å²) in [5.74, 6) is 3.02. The molecule has 2 aliphatic rings. The molecule has 102 valence electrons. The van der Waals surface area contributed by atoms with Gasteiger partial charge in [-0.1, -0.05) is 6.42 Å². The van der Waals surface area contributed by atoms with E-state index in [1.807, 2.05) is 0 Å². The number of hydrogen-bond acceptors (Lipinski definition) is 4. The number of hydrogen-bond donors (Lipinski definition) is 1. The molecule has 2 atom stereocenters. The van der Waals surface area contributed by atoms with Crippen LogP contribution < -0.4 is 10.6 Å². The maximum Gasteiger partial charge on any atom is 0.195 e. The molecule has 2 N–H and O–H groups in total. The van der Waals surface area contributed by atoms with Crippen LogP contribution in [0.5, 0.6) is 0 Å². The average molecular weight is 276 g/mol. The molecule has 2 fully saturated rings. The molecular formula is C14H20N4S. The van der Waals surface area contributed by atoms with Crippen LogP contribution in [0.3, 0.4) is 0 Å². The molecule has 1 saturated heterocycles. The van der Waals surface area contributed by atoms with E-state index in [2.05, 4.69) is 20.9 Å². The second-order valence-electron chi connectivity index (χ2n) is 5.83. The minimum absolute atomic E-state index is 0.692. The van der Waals surface area contributed by atoms with Crippen LogP contribution in [0.15, 0.2) is 11.6 Å². The van der Waals surface area contributed by atoms with E-state index in [-0.39, 0.29) is 0 Å². The van der Waals surface area contributed by atoms with Crippen LogP contribution in [0.1, 0.15) is 25.0 Å². The van der Waals surface area contributed by atoms with Crippen molar-refractivity contribution >= 4 is 22.1 Å². The lowest BCUT2D eigenvalue weighted by atomic mass is 10.0. The normalized spacial score (nSPS) is 26.5. The summed E-state index contributed by atoms with van der Waals surface area (Å²) < 4.78 is 2.22. The van der Waals surface area contributed by atoms with Gasteiger partial charge in [0.05, 0.1) is 5.69 Å². The number of rotatable bonds is 3. The van der Waals surface area contributed by atoms with Crippen LogP contribution in [0, 0.1) is 11.8 Å². The van der Waals surface area contributed by atoms with E-state index < -0.39 is 0 Å². The van der Waals surface area contributed by atoms with E-state index in [9.17, 15) is 0 Å². The summed E-state index contributed by atoms with van der Waals surface area (Å²) in [6.07, 6.45) is 7.29. The molecule has 1 aliphatic heterocycles. The predicted octanol–water partition coefficient (Wildman–Crippen LogP) is 2.13. The quantitative estimate of drug-likeness (QED) is 0.934. The fraction of sp³-hybridized carbons (Fsp3) is 0.643. The molecule has 19 heavy (non-hydrogen) atoms. The first-order valence-corrected chi connectivity index (χ1v) is 8.14. The van der Waals surface area contributed by atoms with Gasteiger partial charge in [-0.3, -0.25) is 4.40 Å². The molecule has 4 nitrogen and oxygen atoms in total. The maximum absolute atomic E-state index is 5.78. The first kappa shape index (κ1) is 11.7. The van der Waals surface area contributed by atoms with Crippen molar-refractivity contribution in [2.45, 2.75) is 25.7 Å². The predicted molar refractivity (Wildman–Crippen MR) is 78.9 cm³/mol. The van der Waals surface area contributed by atoms with E-state index in [0.29, 0.717) is 6.54 Å². The molecule has 1 saturated carbocycles. The van der Waals surface area contributed by atoms with Gasteiger partial charge in [0, 0.05) is 31.1 Å². The summed E-state index contributed by atoms with van der Waals surface area (Å²) in [5.41, 5.74) is 7.09. The van der Waals surface area contributed by atoms with E-state index >= 15 is 0 Å². The zero-order valence-corrected chi connectivity index (χ0v) is 11.9. The van der Waals surface area contributed by atoms with Crippen LogP contribution >= 0.6 is 11.3 Å². The van der Waals surface area contributed by atoms with Gasteiger partial charge in [0.15, 0.2) is 10.8 Å². The van der Waals surface area contributed by atoms with Gasteiger partial charge in [-0.05, 0) is 31.2 Å². The van der Waals surface area contributed by atoms with E-state index in [0.717, 1.165) is 23.2 Å². The topological polar surface area (TPSA) is 46.6 Å². The Balaban J connectivity index is 1.70. The number of aromatic nitrogens is 2. The lowest BCUT2D eigenvalue weighted by Crippen LogP contribution is -2.23. The fourth-order valence-electron chi connectivity index (χ4n) is 3.85. The molecule has 4 rings (SSSR count). The summed E-state index contributed by atoms with van der Waals surface area (Å²) in [6.45, 7) is 3.09. The van der Waals surface area contributed by atoms with Crippen LogP contribution in [0.4, 0.5) is 5.82 Å². The molecule has 2 aromatic rings. The highest BCUT2D eigenvalue weighted by molar-refractivity contribution is 7.15. The molecule has 5 heteroatoms. The average Bonchev–Trinajstić information content (AvgIpc) is 3.07. The highest BCUT2D eigenvalue weighted by Gasteiger charge is 2.37. The first-order chi connectivity index (χ1) is 9.36. The van der Waals surface area contributed by atoms with E-state index in [1.54, 1.807) is 11.3 Å². The van der Waals surface area contributed by atoms with Gasteiger partial charge < -0.3 is 10.6 Å². The van der Waals surface area contributed by atoms with Crippen LogP contribution in [0.2, 0.25) is 0 Å². The van der Waals surface area contributed by atoms with Gasteiger partial charge in [0.1, 0.15) is 0 Å². The van der Waals surface area contributed by atoms with E-state index in [1.165, 1.54) is 43.9 Å². The molecule has 0 radical (unpaired) electrons. The third-order valence-corrected chi connectivity index (χ3v) is 5.50. The third kappa shape index (κ3) is 1.79. The molecule has 1 aliphatic carbocycles. The van der Waals surface area contributed by atoms with Gasteiger partial charge in [-0.15, -0.1) is 11.3 Å². The molecule has 3 heterocycles. The minimum Gasteiger partial charge on any atom is -0.354 e. The number of nitrogens with two attached hydrogens (primary N) is 1. The summed E-state index contributed by atoms with van der Waals surface area (Å²) >= 11 is 1.71. The third-order valence-electron chi connectivity index (χ3n) is 4.75. The zero-order chi connectivity index (χ0) is 12.8. The Morgan fingerprint density at radius 1 is 1.32 bits per heavy atom. The number of imidazole rings is 1. The maximum atomic E-state index is 5.78. The first-order valence-electron chi connectivity index (χ1n) is 7.26. The van der Waals surface area contributed by atoms with Crippen molar-refractivity contribution in [1.82, 2.24) is 9.38 Å². The summed E-state index contributed by atoms with van der Waals surface area (Å²) in [7, 11) is 0.